The fourth-order valence-electron chi connectivity index (χ4n) is 2.32. The Balaban J connectivity index is 0.000000980. The summed E-state index contributed by atoms with van der Waals surface area (Å²) in [6.07, 6.45) is 0. The third kappa shape index (κ3) is 2.02. The molecule has 0 radical (unpaired) electrons. The average Bonchev–Trinajstić information content (AvgIpc) is 2.59. The minimum absolute atomic E-state index is 0. The van der Waals surface area contributed by atoms with E-state index < -0.39 is 0 Å². The Morgan fingerprint density at radius 2 is 1.93 bits per heavy atom. The van der Waals surface area contributed by atoms with Gasteiger partial charge in [0.1, 0.15) is 0 Å². The zero-order valence-corrected chi connectivity index (χ0v) is 9.22. The fourth-order valence-corrected chi connectivity index (χ4v) is 2.32. The molecule has 0 spiro atoms. The van der Waals surface area contributed by atoms with Crippen molar-refractivity contribution < 1.29 is 4.79 Å². The van der Waals surface area contributed by atoms with Crippen LogP contribution in [0.5, 0.6) is 0 Å². The maximum absolute atomic E-state index is 11.6. The zero-order valence-electron chi connectivity index (χ0n) is 8.40. The molecular weight excluding hydrogens is 202 g/mol. The van der Waals surface area contributed by atoms with Crippen LogP contribution in [-0.2, 0) is 4.79 Å². The first-order valence-corrected chi connectivity index (χ1v) is 4.93. The van der Waals surface area contributed by atoms with E-state index in [1.165, 1.54) is 0 Å². The summed E-state index contributed by atoms with van der Waals surface area (Å²) < 4.78 is 0. The standard InChI is InChI=1S/C9H17N3O.ClH/c1-6(10)9(13)12-4-7-2-11-3-8(7)5-12;/h6-8,11H,2-5,10H2,1H3;1H/t6-,7-,8+;/m1./s1. The van der Waals surface area contributed by atoms with Crippen molar-refractivity contribution in [3.63, 3.8) is 0 Å². The Morgan fingerprint density at radius 3 is 2.36 bits per heavy atom. The third-order valence-corrected chi connectivity index (χ3v) is 3.09. The van der Waals surface area contributed by atoms with E-state index in [9.17, 15) is 4.79 Å². The van der Waals surface area contributed by atoms with Crippen LogP contribution < -0.4 is 11.1 Å². The number of nitrogens with two attached hydrogens (primary N) is 1. The third-order valence-electron chi connectivity index (χ3n) is 3.09. The second-order valence-electron chi connectivity index (χ2n) is 4.21. The predicted molar refractivity (Wildman–Crippen MR) is 57.3 cm³/mol. The molecule has 2 rings (SSSR count). The second kappa shape index (κ2) is 4.47. The summed E-state index contributed by atoms with van der Waals surface area (Å²) in [7, 11) is 0. The van der Waals surface area contributed by atoms with Crippen molar-refractivity contribution in [2.24, 2.45) is 17.6 Å². The molecule has 3 atom stereocenters. The van der Waals surface area contributed by atoms with Crippen LogP contribution in [0.25, 0.3) is 0 Å². The Morgan fingerprint density at radius 1 is 1.43 bits per heavy atom. The van der Waals surface area contributed by atoms with Crippen LogP contribution in [-0.4, -0.2) is 43.0 Å². The number of hydrogen-bond acceptors (Lipinski definition) is 3. The van der Waals surface area contributed by atoms with Crippen LogP contribution in [0.2, 0.25) is 0 Å². The van der Waals surface area contributed by atoms with E-state index in [0.29, 0.717) is 11.8 Å². The molecule has 2 aliphatic rings. The van der Waals surface area contributed by atoms with E-state index in [1.807, 2.05) is 4.90 Å². The number of halogens is 1. The Hall–Kier alpha value is -0.320. The second-order valence-corrected chi connectivity index (χ2v) is 4.21. The number of carbonyl (C=O) groups excluding carboxylic acids is 1. The van der Waals surface area contributed by atoms with Gasteiger partial charge in [-0.05, 0) is 18.8 Å². The first-order valence-electron chi connectivity index (χ1n) is 4.93. The summed E-state index contributed by atoms with van der Waals surface area (Å²) in [6, 6.07) is -0.341. The topological polar surface area (TPSA) is 58.4 Å². The Labute approximate surface area is 90.6 Å². The molecule has 4 nitrogen and oxygen atoms in total. The number of nitrogens with one attached hydrogen (secondary N) is 1. The molecule has 2 aliphatic heterocycles. The quantitative estimate of drug-likeness (QED) is 0.621. The molecule has 0 aliphatic carbocycles. The molecular formula is C9H18ClN3O. The number of carbonyl (C=O) groups is 1. The van der Waals surface area contributed by atoms with Crippen molar-refractivity contribution in [3.8, 4) is 0 Å². The van der Waals surface area contributed by atoms with E-state index in [4.69, 9.17) is 5.73 Å². The smallest absolute Gasteiger partial charge is 0.239 e. The number of fused-ring (bicyclic) bond motifs is 1. The van der Waals surface area contributed by atoms with E-state index in [1.54, 1.807) is 6.92 Å². The molecule has 82 valence electrons. The zero-order chi connectivity index (χ0) is 9.42. The largest absolute Gasteiger partial charge is 0.341 e. The lowest BCUT2D eigenvalue weighted by molar-refractivity contribution is -0.131. The van der Waals surface area contributed by atoms with Gasteiger partial charge in [0.2, 0.25) is 5.91 Å². The van der Waals surface area contributed by atoms with Gasteiger partial charge in [-0.1, -0.05) is 0 Å². The molecule has 2 saturated heterocycles. The first kappa shape index (κ1) is 11.8. The minimum Gasteiger partial charge on any atom is -0.341 e. The van der Waals surface area contributed by atoms with Crippen LogP contribution in [0.4, 0.5) is 0 Å². The Kier molecular flexibility index (Phi) is 3.75. The lowest BCUT2D eigenvalue weighted by Gasteiger charge is -2.19. The van der Waals surface area contributed by atoms with Crippen LogP contribution in [0.3, 0.4) is 0 Å². The number of rotatable bonds is 1. The summed E-state index contributed by atoms with van der Waals surface area (Å²) in [5.41, 5.74) is 5.56. The summed E-state index contributed by atoms with van der Waals surface area (Å²) in [6.45, 7) is 5.69. The fraction of sp³-hybridized carbons (Fsp3) is 0.889. The first-order chi connectivity index (χ1) is 6.18. The predicted octanol–water partition coefficient (Wildman–Crippen LogP) is -0.567. The number of hydrogen-bond donors (Lipinski definition) is 2. The van der Waals surface area contributed by atoms with Gasteiger partial charge in [-0.25, -0.2) is 0 Å². The van der Waals surface area contributed by atoms with E-state index in [-0.39, 0.29) is 24.4 Å². The summed E-state index contributed by atoms with van der Waals surface area (Å²) in [5, 5.41) is 3.34. The van der Waals surface area contributed by atoms with Gasteiger partial charge in [0.05, 0.1) is 6.04 Å². The van der Waals surface area contributed by atoms with Gasteiger partial charge in [0.15, 0.2) is 0 Å². The monoisotopic (exact) mass is 219 g/mol. The van der Waals surface area contributed by atoms with Crippen molar-refractivity contribution in [1.29, 1.82) is 0 Å². The lowest BCUT2D eigenvalue weighted by atomic mass is 10.0. The molecule has 1 amide bonds. The molecule has 0 saturated carbocycles. The van der Waals surface area contributed by atoms with Gasteiger partial charge >= 0.3 is 0 Å². The maximum Gasteiger partial charge on any atom is 0.239 e. The maximum atomic E-state index is 11.6. The van der Waals surface area contributed by atoms with Crippen LogP contribution >= 0.6 is 12.4 Å². The molecule has 2 heterocycles. The highest BCUT2D eigenvalue weighted by Gasteiger charge is 2.38. The molecule has 0 aromatic heterocycles. The normalized spacial score (nSPS) is 32.3. The van der Waals surface area contributed by atoms with Gasteiger partial charge in [0, 0.05) is 26.2 Å². The molecule has 2 fully saturated rings. The highest BCUT2D eigenvalue weighted by atomic mass is 35.5. The van der Waals surface area contributed by atoms with Crippen molar-refractivity contribution in [2.45, 2.75) is 13.0 Å². The summed E-state index contributed by atoms with van der Waals surface area (Å²) in [4.78, 5) is 13.5. The van der Waals surface area contributed by atoms with E-state index in [0.717, 1.165) is 26.2 Å². The molecule has 0 aromatic carbocycles. The lowest BCUT2D eigenvalue weighted by Crippen LogP contribution is -2.41. The van der Waals surface area contributed by atoms with Gasteiger partial charge in [-0.3, -0.25) is 4.79 Å². The van der Waals surface area contributed by atoms with Gasteiger partial charge in [-0.2, -0.15) is 0 Å². The SMILES string of the molecule is C[C@@H](N)C(=O)N1C[C@H]2CNC[C@H]2C1.Cl. The highest BCUT2D eigenvalue weighted by Crippen LogP contribution is 2.26. The van der Waals surface area contributed by atoms with Crippen molar-refractivity contribution in [2.75, 3.05) is 26.2 Å². The van der Waals surface area contributed by atoms with Crippen molar-refractivity contribution in [1.82, 2.24) is 10.2 Å². The molecule has 0 aromatic rings. The molecule has 3 N–H and O–H groups in total. The molecule has 5 heteroatoms. The minimum atomic E-state index is -0.341. The molecule has 14 heavy (non-hydrogen) atoms. The van der Waals surface area contributed by atoms with Gasteiger partial charge in [-0.15, -0.1) is 12.4 Å². The van der Waals surface area contributed by atoms with Gasteiger partial charge in [0.25, 0.3) is 0 Å². The average molecular weight is 220 g/mol. The highest BCUT2D eigenvalue weighted by molar-refractivity contribution is 5.85. The van der Waals surface area contributed by atoms with Gasteiger partial charge < -0.3 is 16.0 Å². The number of likely N-dealkylation sites (tertiary alicyclic amines) is 1. The van der Waals surface area contributed by atoms with Crippen LogP contribution in [0, 0.1) is 11.8 Å². The molecule has 0 bridgehead atoms. The van der Waals surface area contributed by atoms with Crippen molar-refractivity contribution in [3.05, 3.63) is 0 Å². The number of amides is 1. The van der Waals surface area contributed by atoms with Crippen LogP contribution in [0.15, 0.2) is 0 Å². The van der Waals surface area contributed by atoms with Crippen molar-refractivity contribution >= 4 is 18.3 Å². The van der Waals surface area contributed by atoms with Crippen LogP contribution in [0.1, 0.15) is 6.92 Å². The Bertz CT molecular complexity index is 210. The molecule has 0 unspecified atom stereocenters. The number of nitrogens with zero attached hydrogens (tertiary/aromatic N) is 1. The van der Waals surface area contributed by atoms with E-state index >= 15 is 0 Å². The summed E-state index contributed by atoms with van der Waals surface area (Å²) >= 11 is 0. The summed E-state index contributed by atoms with van der Waals surface area (Å²) in [5.74, 6) is 1.44. The van der Waals surface area contributed by atoms with E-state index in [2.05, 4.69) is 5.32 Å².